The van der Waals surface area contributed by atoms with Crippen LogP contribution in [0.1, 0.15) is 36.2 Å². The molecule has 0 radical (unpaired) electrons. The van der Waals surface area contributed by atoms with E-state index >= 15 is 0 Å². The maximum atomic E-state index is 13.6. The van der Waals surface area contributed by atoms with Crippen molar-refractivity contribution in [2.75, 3.05) is 26.3 Å². The smallest absolute Gasteiger partial charge is 0.269 e. The Kier molecular flexibility index (Phi) is 10.9. The predicted molar refractivity (Wildman–Crippen MR) is 160 cm³/mol. The molecule has 0 bridgehead atoms. The number of nitrogens with zero attached hydrogens (tertiary/aromatic N) is 2. The fraction of sp³-hybridized carbons (Fsp3) is 0.387. The van der Waals surface area contributed by atoms with Crippen molar-refractivity contribution >= 4 is 21.6 Å². The number of carbonyl (C=O) groups excluding carboxylic acids is 1. The maximum absolute atomic E-state index is 13.6. The van der Waals surface area contributed by atoms with Gasteiger partial charge in [-0.25, -0.2) is 8.42 Å². The van der Waals surface area contributed by atoms with Gasteiger partial charge in [0.15, 0.2) is 0 Å². The molecular weight excluding hydrogens is 574 g/mol. The Hall–Kier alpha value is -3.84. The Balaban J connectivity index is 1.59. The number of ether oxygens (including phenoxy) is 2. The first-order valence-electron chi connectivity index (χ1n) is 14.2. The molecule has 0 unspecified atom stereocenters. The molecule has 1 aliphatic heterocycles. The molecule has 3 aromatic carbocycles. The Morgan fingerprint density at radius 3 is 2.37 bits per heavy atom. The second-order valence-corrected chi connectivity index (χ2v) is 12.8. The van der Waals surface area contributed by atoms with Crippen LogP contribution in [0.4, 0.5) is 5.69 Å². The molecule has 0 spiro atoms. The van der Waals surface area contributed by atoms with Crippen molar-refractivity contribution in [2.24, 2.45) is 5.92 Å². The molecule has 3 atom stereocenters. The van der Waals surface area contributed by atoms with Crippen molar-refractivity contribution < 1.29 is 32.7 Å². The highest BCUT2D eigenvalue weighted by Gasteiger charge is 2.32. The lowest BCUT2D eigenvalue weighted by Crippen LogP contribution is -2.51. The molecule has 11 nitrogen and oxygen atoms in total. The summed E-state index contributed by atoms with van der Waals surface area (Å²) in [4.78, 5) is 23.9. The first kappa shape index (κ1) is 32.1. The minimum atomic E-state index is -4.13. The normalized spacial score (nSPS) is 16.6. The number of benzene rings is 3. The third-order valence-corrected chi connectivity index (χ3v) is 8.88. The molecule has 230 valence electrons. The number of rotatable bonds is 14. The lowest BCUT2D eigenvalue weighted by molar-refractivity contribution is -0.384. The Bertz CT molecular complexity index is 1480. The molecule has 1 fully saturated rings. The van der Waals surface area contributed by atoms with Crippen LogP contribution >= 0.6 is 0 Å². The molecule has 43 heavy (non-hydrogen) atoms. The van der Waals surface area contributed by atoms with Gasteiger partial charge in [0.2, 0.25) is 10.0 Å². The van der Waals surface area contributed by atoms with E-state index in [1.165, 1.54) is 12.1 Å². The number of amides is 1. The topological polar surface area (TPSA) is 148 Å². The fourth-order valence-corrected chi connectivity index (χ4v) is 6.46. The van der Waals surface area contributed by atoms with Crippen molar-refractivity contribution in [1.82, 2.24) is 9.62 Å². The molecule has 4 rings (SSSR count). The zero-order chi connectivity index (χ0) is 31.0. The van der Waals surface area contributed by atoms with Gasteiger partial charge in [0, 0.05) is 31.6 Å². The largest absolute Gasteiger partial charge is 0.487 e. The third-order valence-electron chi connectivity index (χ3n) is 7.04. The summed E-state index contributed by atoms with van der Waals surface area (Å²) in [6, 6.07) is 19.9. The average molecular weight is 612 g/mol. The Morgan fingerprint density at radius 2 is 1.74 bits per heavy atom. The van der Waals surface area contributed by atoms with E-state index in [0.717, 1.165) is 22.0 Å². The maximum Gasteiger partial charge on any atom is 0.269 e. The standard InChI is InChI=1S/C31H37N3O8S/c1-22(2)19-33(43(39,40)26-14-12-24(13-15-26)34(37)38)20-29(35)28(18-23-8-4-3-5-9-23)32-31(36)27-10-6-7-11-30(27)42-25-16-17-41-21-25/h3-15,22,25,28-29,35H,16-21H2,1-2H3,(H,32,36)/t25-,28+,29-/m1/s1. The second kappa shape index (κ2) is 14.6. The molecule has 1 heterocycles. The molecule has 0 aromatic heterocycles. The third kappa shape index (κ3) is 8.60. The van der Waals surface area contributed by atoms with E-state index in [-0.39, 0.29) is 47.7 Å². The van der Waals surface area contributed by atoms with Gasteiger partial charge in [0.05, 0.1) is 40.7 Å². The number of hydrogen-bond donors (Lipinski definition) is 2. The van der Waals surface area contributed by atoms with Gasteiger partial charge in [-0.2, -0.15) is 4.31 Å². The molecular formula is C31H37N3O8S. The van der Waals surface area contributed by atoms with Crippen LogP contribution in [-0.2, 0) is 21.2 Å². The summed E-state index contributed by atoms with van der Waals surface area (Å²) in [6.07, 6.45) is -0.526. The Labute approximate surface area is 251 Å². The van der Waals surface area contributed by atoms with E-state index in [2.05, 4.69) is 5.32 Å². The minimum absolute atomic E-state index is 0.0858. The van der Waals surface area contributed by atoms with E-state index in [1.54, 1.807) is 24.3 Å². The SMILES string of the molecule is CC(C)CN(C[C@@H](O)[C@H](Cc1ccccc1)NC(=O)c1ccccc1O[C@@H]1CCOC1)S(=O)(=O)c1ccc([N+](=O)[O-])cc1. The van der Waals surface area contributed by atoms with Crippen LogP contribution in [0, 0.1) is 16.0 Å². The highest BCUT2D eigenvalue weighted by Crippen LogP contribution is 2.24. The summed E-state index contributed by atoms with van der Waals surface area (Å²) in [5.74, 6) is -0.167. The van der Waals surface area contributed by atoms with Crippen LogP contribution in [0.2, 0.25) is 0 Å². The Morgan fingerprint density at radius 1 is 1.07 bits per heavy atom. The summed E-state index contributed by atoms with van der Waals surface area (Å²) in [5.41, 5.74) is 0.898. The molecule has 1 aliphatic rings. The monoisotopic (exact) mass is 611 g/mol. The minimum Gasteiger partial charge on any atom is -0.487 e. The summed E-state index contributed by atoms with van der Waals surface area (Å²) in [6.45, 7) is 4.48. The van der Waals surface area contributed by atoms with Gasteiger partial charge in [-0.1, -0.05) is 56.3 Å². The van der Waals surface area contributed by atoms with Gasteiger partial charge in [0.1, 0.15) is 11.9 Å². The summed E-state index contributed by atoms with van der Waals surface area (Å²) < 4.78 is 39.9. The molecule has 12 heteroatoms. The van der Waals surface area contributed by atoms with Crippen molar-refractivity contribution in [1.29, 1.82) is 0 Å². The zero-order valence-electron chi connectivity index (χ0n) is 24.2. The number of non-ortho nitro benzene ring substituents is 1. The number of nitro groups is 1. The number of hydrogen-bond acceptors (Lipinski definition) is 8. The number of para-hydroxylation sites is 1. The van der Waals surface area contributed by atoms with E-state index in [1.807, 2.05) is 44.2 Å². The van der Waals surface area contributed by atoms with Crippen LogP contribution in [0.15, 0.2) is 83.8 Å². The number of sulfonamides is 1. The second-order valence-electron chi connectivity index (χ2n) is 10.9. The van der Waals surface area contributed by atoms with E-state index in [4.69, 9.17) is 9.47 Å². The summed E-state index contributed by atoms with van der Waals surface area (Å²) in [5, 5.41) is 25.5. The van der Waals surface area contributed by atoms with Crippen LogP contribution < -0.4 is 10.1 Å². The summed E-state index contributed by atoms with van der Waals surface area (Å²) >= 11 is 0. The number of nitrogens with one attached hydrogen (secondary N) is 1. The van der Waals surface area contributed by atoms with Crippen LogP contribution in [0.5, 0.6) is 5.75 Å². The van der Waals surface area contributed by atoms with Crippen LogP contribution in [-0.4, -0.2) is 73.2 Å². The summed E-state index contributed by atoms with van der Waals surface area (Å²) in [7, 11) is -4.13. The van der Waals surface area contributed by atoms with Crippen LogP contribution in [0.25, 0.3) is 0 Å². The predicted octanol–water partition coefficient (Wildman–Crippen LogP) is 3.81. The molecule has 2 N–H and O–H groups in total. The van der Waals surface area contributed by atoms with Crippen molar-refractivity contribution in [2.45, 2.75) is 49.8 Å². The first-order chi connectivity index (χ1) is 20.5. The van der Waals surface area contributed by atoms with Gasteiger partial charge in [-0.15, -0.1) is 0 Å². The number of aliphatic hydroxyl groups excluding tert-OH is 1. The van der Waals surface area contributed by atoms with E-state index in [9.17, 15) is 28.4 Å². The highest BCUT2D eigenvalue weighted by atomic mass is 32.2. The van der Waals surface area contributed by atoms with E-state index in [0.29, 0.717) is 25.4 Å². The first-order valence-corrected chi connectivity index (χ1v) is 15.6. The molecule has 0 aliphatic carbocycles. The number of nitro benzene ring substituents is 1. The zero-order valence-corrected chi connectivity index (χ0v) is 25.0. The van der Waals surface area contributed by atoms with E-state index < -0.39 is 33.0 Å². The van der Waals surface area contributed by atoms with Crippen molar-refractivity contribution in [3.8, 4) is 5.75 Å². The quantitative estimate of drug-likeness (QED) is 0.207. The van der Waals surface area contributed by atoms with Crippen LogP contribution in [0.3, 0.4) is 0 Å². The van der Waals surface area contributed by atoms with Crippen molar-refractivity contribution in [3.63, 3.8) is 0 Å². The average Bonchev–Trinajstić information content (AvgIpc) is 3.50. The number of carbonyl (C=O) groups is 1. The van der Waals surface area contributed by atoms with Gasteiger partial charge in [-0.3, -0.25) is 14.9 Å². The van der Waals surface area contributed by atoms with Gasteiger partial charge >= 0.3 is 0 Å². The highest BCUT2D eigenvalue weighted by molar-refractivity contribution is 7.89. The molecule has 3 aromatic rings. The molecule has 1 amide bonds. The van der Waals surface area contributed by atoms with Gasteiger partial charge < -0.3 is 19.9 Å². The number of aliphatic hydroxyl groups is 1. The molecule has 0 saturated carbocycles. The van der Waals surface area contributed by atoms with Gasteiger partial charge in [0.25, 0.3) is 11.6 Å². The van der Waals surface area contributed by atoms with Crippen molar-refractivity contribution in [3.05, 3.63) is 100 Å². The lowest BCUT2D eigenvalue weighted by Gasteiger charge is -2.31. The fourth-order valence-electron chi connectivity index (χ4n) is 4.84. The lowest BCUT2D eigenvalue weighted by atomic mass is 10.00. The molecule has 1 saturated heterocycles. The van der Waals surface area contributed by atoms with Gasteiger partial charge in [-0.05, 0) is 42.2 Å².